The molecule has 0 bridgehead atoms. The highest BCUT2D eigenvalue weighted by molar-refractivity contribution is 7.87. The lowest BCUT2D eigenvalue weighted by Gasteiger charge is -2.25. The van der Waals surface area contributed by atoms with Gasteiger partial charge in [0.2, 0.25) is 0 Å². The average Bonchev–Trinajstić information content (AvgIpc) is 2.27. The maximum Gasteiger partial charge on any atom is 0.279 e. The van der Waals surface area contributed by atoms with Gasteiger partial charge in [-0.05, 0) is 45.7 Å². The molecule has 0 spiro atoms. The predicted octanol–water partition coefficient (Wildman–Crippen LogP) is 0.161. The fraction of sp³-hybridized carbons (Fsp3) is 1.00. The van der Waals surface area contributed by atoms with Crippen LogP contribution in [0.5, 0.6) is 0 Å². The molecular weight excluding hydrogens is 226 g/mol. The first-order chi connectivity index (χ1) is 7.43. The molecule has 1 aliphatic heterocycles. The van der Waals surface area contributed by atoms with Gasteiger partial charge in [0.1, 0.15) is 0 Å². The molecule has 0 atom stereocenters. The monoisotopic (exact) mass is 249 g/mol. The lowest BCUT2D eigenvalue weighted by Crippen LogP contribution is -2.44. The van der Waals surface area contributed by atoms with Crippen molar-refractivity contribution in [1.29, 1.82) is 0 Å². The van der Waals surface area contributed by atoms with E-state index >= 15 is 0 Å². The second kappa shape index (κ2) is 5.95. The van der Waals surface area contributed by atoms with Crippen LogP contribution in [0.25, 0.3) is 0 Å². The van der Waals surface area contributed by atoms with Crippen LogP contribution in [0.3, 0.4) is 0 Å². The summed E-state index contributed by atoms with van der Waals surface area (Å²) in [6.45, 7) is 6.27. The summed E-state index contributed by atoms with van der Waals surface area (Å²) >= 11 is 0. The Balaban J connectivity index is 2.41. The third-order valence-corrected chi connectivity index (χ3v) is 4.83. The first-order valence-electron chi connectivity index (χ1n) is 5.87. The highest BCUT2D eigenvalue weighted by Gasteiger charge is 2.22. The van der Waals surface area contributed by atoms with Gasteiger partial charge >= 0.3 is 0 Å². The zero-order valence-electron chi connectivity index (χ0n) is 10.4. The number of nitrogens with one attached hydrogen (secondary N) is 2. The van der Waals surface area contributed by atoms with Gasteiger partial charge in [-0.15, -0.1) is 0 Å². The van der Waals surface area contributed by atoms with E-state index in [9.17, 15) is 8.42 Å². The molecule has 1 fully saturated rings. The van der Waals surface area contributed by atoms with Crippen molar-refractivity contribution in [2.24, 2.45) is 5.92 Å². The Kier molecular flexibility index (Phi) is 5.17. The van der Waals surface area contributed by atoms with Crippen molar-refractivity contribution in [2.45, 2.75) is 32.7 Å². The van der Waals surface area contributed by atoms with E-state index in [0.29, 0.717) is 12.5 Å². The molecule has 6 heteroatoms. The van der Waals surface area contributed by atoms with Crippen LogP contribution in [-0.4, -0.2) is 45.4 Å². The molecule has 16 heavy (non-hydrogen) atoms. The predicted molar refractivity (Wildman–Crippen MR) is 65.4 cm³/mol. The van der Waals surface area contributed by atoms with E-state index in [1.165, 1.54) is 4.31 Å². The molecule has 0 aromatic carbocycles. The molecule has 1 rings (SSSR count). The molecule has 5 nitrogen and oxygen atoms in total. The van der Waals surface area contributed by atoms with Crippen LogP contribution < -0.4 is 10.0 Å². The third kappa shape index (κ3) is 4.01. The molecule has 2 N–H and O–H groups in total. The van der Waals surface area contributed by atoms with E-state index in [0.717, 1.165) is 25.9 Å². The molecule has 0 amide bonds. The molecule has 1 aliphatic rings. The summed E-state index contributed by atoms with van der Waals surface area (Å²) in [7, 11) is -1.69. The highest BCUT2D eigenvalue weighted by Crippen LogP contribution is 2.11. The summed E-state index contributed by atoms with van der Waals surface area (Å²) in [5, 5.41) is 3.27. The fourth-order valence-corrected chi connectivity index (χ4v) is 2.89. The molecular formula is C10H23N3O2S. The summed E-state index contributed by atoms with van der Waals surface area (Å²) in [4.78, 5) is 0. The van der Waals surface area contributed by atoms with Crippen molar-refractivity contribution in [1.82, 2.24) is 14.3 Å². The van der Waals surface area contributed by atoms with Gasteiger partial charge in [-0.25, -0.2) is 4.72 Å². The van der Waals surface area contributed by atoms with Crippen molar-refractivity contribution in [3.63, 3.8) is 0 Å². The molecule has 96 valence electrons. The molecule has 0 radical (unpaired) electrons. The topological polar surface area (TPSA) is 61.4 Å². The highest BCUT2D eigenvalue weighted by atomic mass is 32.2. The van der Waals surface area contributed by atoms with Crippen LogP contribution >= 0.6 is 0 Å². The number of nitrogens with zero attached hydrogens (tertiary/aromatic N) is 1. The van der Waals surface area contributed by atoms with Gasteiger partial charge in [-0.3, -0.25) is 0 Å². The van der Waals surface area contributed by atoms with Gasteiger partial charge in [0, 0.05) is 19.6 Å². The number of rotatable bonds is 5. The minimum Gasteiger partial charge on any atom is -0.317 e. The second-order valence-electron chi connectivity index (χ2n) is 4.66. The van der Waals surface area contributed by atoms with Crippen molar-refractivity contribution in [2.75, 3.05) is 26.7 Å². The summed E-state index contributed by atoms with van der Waals surface area (Å²) in [6.07, 6.45) is 2.10. The third-order valence-electron chi connectivity index (χ3n) is 3.12. The van der Waals surface area contributed by atoms with Crippen LogP contribution in [0.1, 0.15) is 26.7 Å². The Morgan fingerprint density at radius 1 is 1.38 bits per heavy atom. The summed E-state index contributed by atoms with van der Waals surface area (Å²) in [5.74, 6) is 0.469. The van der Waals surface area contributed by atoms with Gasteiger partial charge in [0.15, 0.2) is 0 Å². The lowest BCUT2D eigenvalue weighted by molar-refractivity contribution is 0.359. The van der Waals surface area contributed by atoms with Crippen molar-refractivity contribution in [3.05, 3.63) is 0 Å². The van der Waals surface area contributed by atoms with Crippen LogP contribution in [-0.2, 0) is 10.2 Å². The summed E-state index contributed by atoms with van der Waals surface area (Å²) in [5.41, 5.74) is 0. The van der Waals surface area contributed by atoms with E-state index in [1.54, 1.807) is 7.05 Å². The molecule has 1 saturated heterocycles. The van der Waals surface area contributed by atoms with Crippen LogP contribution in [0.2, 0.25) is 0 Å². The molecule has 0 aromatic heterocycles. The first-order valence-corrected chi connectivity index (χ1v) is 7.31. The molecule has 0 aliphatic carbocycles. The lowest BCUT2D eigenvalue weighted by atomic mass is 9.99. The number of hydrogen-bond donors (Lipinski definition) is 2. The smallest absolute Gasteiger partial charge is 0.279 e. The zero-order chi connectivity index (χ0) is 12.2. The van der Waals surface area contributed by atoms with E-state index in [-0.39, 0.29) is 6.04 Å². The second-order valence-corrected chi connectivity index (χ2v) is 6.47. The SMILES string of the molecule is CC(C)N(C)S(=O)(=O)NCC1CCNCC1. The number of piperidine rings is 1. The van der Waals surface area contributed by atoms with Gasteiger partial charge in [0.25, 0.3) is 10.2 Å². The van der Waals surface area contributed by atoms with E-state index < -0.39 is 10.2 Å². The number of hydrogen-bond acceptors (Lipinski definition) is 3. The Bertz CT molecular complexity index is 297. The van der Waals surface area contributed by atoms with E-state index in [1.807, 2.05) is 13.8 Å². The summed E-state index contributed by atoms with van der Waals surface area (Å²) < 4.78 is 27.7. The zero-order valence-corrected chi connectivity index (χ0v) is 11.2. The Labute approximate surface area is 98.8 Å². The van der Waals surface area contributed by atoms with Crippen LogP contribution in [0.15, 0.2) is 0 Å². The Morgan fingerprint density at radius 2 is 1.94 bits per heavy atom. The van der Waals surface area contributed by atoms with Gasteiger partial charge in [0.05, 0.1) is 0 Å². The standard InChI is InChI=1S/C10H23N3O2S/c1-9(2)13(3)16(14,15)12-8-10-4-6-11-7-5-10/h9-12H,4-8H2,1-3H3. The van der Waals surface area contributed by atoms with Gasteiger partial charge in [-0.2, -0.15) is 12.7 Å². The fourth-order valence-electron chi connectivity index (χ4n) is 1.69. The van der Waals surface area contributed by atoms with Crippen LogP contribution in [0.4, 0.5) is 0 Å². The quantitative estimate of drug-likeness (QED) is 0.730. The molecule has 0 unspecified atom stereocenters. The first kappa shape index (κ1) is 13.9. The van der Waals surface area contributed by atoms with Crippen molar-refractivity contribution in [3.8, 4) is 0 Å². The van der Waals surface area contributed by atoms with E-state index in [2.05, 4.69) is 10.0 Å². The van der Waals surface area contributed by atoms with Gasteiger partial charge in [-0.1, -0.05) is 0 Å². The minimum atomic E-state index is -3.30. The van der Waals surface area contributed by atoms with Gasteiger partial charge < -0.3 is 5.32 Å². The Morgan fingerprint density at radius 3 is 2.44 bits per heavy atom. The van der Waals surface area contributed by atoms with Crippen molar-refractivity contribution >= 4 is 10.2 Å². The normalized spacial score (nSPS) is 19.6. The molecule has 0 aromatic rings. The minimum absolute atomic E-state index is 0.00878. The maximum atomic E-state index is 11.8. The van der Waals surface area contributed by atoms with Crippen LogP contribution in [0, 0.1) is 5.92 Å². The summed E-state index contributed by atoms with van der Waals surface area (Å²) in [6, 6.07) is -0.00878. The average molecular weight is 249 g/mol. The Hall–Kier alpha value is -0.170. The molecule has 0 saturated carbocycles. The van der Waals surface area contributed by atoms with E-state index in [4.69, 9.17) is 0 Å². The van der Waals surface area contributed by atoms with Crippen molar-refractivity contribution < 1.29 is 8.42 Å². The largest absolute Gasteiger partial charge is 0.317 e. The molecule has 1 heterocycles. The maximum absolute atomic E-state index is 11.8.